The van der Waals surface area contributed by atoms with Crippen molar-refractivity contribution in [3.8, 4) is 5.75 Å². The summed E-state index contributed by atoms with van der Waals surface area (Å²) in [7, 11) is -4.21. The molecule has 0 saturated carbocycles. The van der Waals surface area contributed by atoms with Gasteiger partial charge in [0.25, 0.3) is 5.69 Å². The van der Waals surface area contributed by atoms with Crippen LogP contribution in [-0.4, -0.2) is 24.5 Å². The van der Waals surface area contributed by atoms with Crippen molar-refractivity contribution < 1.29 is 23.2 Å². The number of nitrogens with one attached hydrogen (secondary N) is 1. The van der Waals surface area contributed by atoms with Crippen LogP contribution in [0.5, 0.6) is 5.75 Å². The second-order valence-electron chi connectivity index (χ2n) is 6.92. The first-order valence-corrected chi connectivity index (χ1v) is 11.0. The normalized spacial score (nSPS) is 13.4. The van der Waals surface area contributed by atoms with E-state index in [1.165, 1.54) is 19.1 Å². The third-order valence-electron chi connectivity index (χ3n) is 4.64. The highest BCUT2D eigenvalue weighted by atomic mass is 32.2. The van der Waals surface area contributed by atoms with E-state index in [-0.39, 0.29) is 0 Å². The Labute approximate surface area is 180 Å². The van der Waals surface area contributed by atoms with Crippen LogP contribution in [0.25, 0.3) is 0 Å². The number of benzene rings is 3. The van der Waals surface area contributed by atoms with Crippen molar-refractivity contribution in [1.82, 2.24) is 4.72 Å². The first-order valence-electron chi connectivity index (χ1n) is 9.48. The molecule has 3 aromatic rings. The summed E-state index contributed by atoms with van der Waals surface area (Å²) in [5.41, 5.74) is 0.964. The van der Waals surface area contributed by atoms with Crippen LogP contribution in [0.15, 0.2) is 83.8 Å². The van der Waals surface area contributed by atoms with Gasteiger partial charge in [0.15, 0.2) is 4.90 Å². The highest BCUT2D eigenvalue weighted by molar-refractivity contribution is 7.89. The molecule has 0 bridgehead atoms. The van der Waals surface area contributed by atoms with Gasteiger partial charge in [0.1, 0.15) is 12.4 Å². The molecule has 0 aliphatic heterocycles. The van der Waals surface area contributed by atoms with Crippen molar-refractivity contribution in [1.29, 1.82) is 0 Å². The Hall–Kier alpha value is -3.27. The molecule has 3 rings (SSSR count). The number of para-hydroxylation sites is 1. The second-order valence-corrected chi connectivity index (χ2v) is 8.61. The number of hydrogen-bond acceptors (Lipinski definition) is 6. The van der Waals surface area contributed by atoms with Gasteiger partial charge in [-0.05, 0) is 36.2 Å². The van der Waals surface area contributed by atoms with Crippen molar-refractivity contribution >= 4 is 15.7 Å². The molecule has 8 nitrogen and oxygen atoms in total. The lowest BCUT2D eigenvalue weighted by Crippen LogP contribution is -2.37. The number of rotatable bonds is 9. The van der Waals surface area contributed by atoms with Gasteiger partial charge in [-0.15, -0.1) is 0 Å². The van der Waals surface area contributed by atoms with E-state index in [4.69, 9.17) is 4.74 Å². The molecular formula is C22H22N2O6S. The molecule has 0 aliphatic carbocycles. The summed E-state index contributed by atoms with van der Waals surface area (Å²) in [6, 6.07) is 20.4. The fourth-order valence-electron chi connectivity index (χ4n) is 3.00. The number of sulfonamides is 1. The van der Waals surface area contributed by atoms with Gasteiger partial charge in [-0.25, -0.2) is 13.1 Å². The fraction of sp³-hybridized carbons (Fsp3) is 0.182. The molecule has 0 fully saturated rings. The van der Waals surface area contributed by atoms with E-state index in [2.05, 4.69) is 4.72 Å². The molecule has 162 valence electrons. The number of nitro groups is 1. The predicted molar refractivity (Wildman–Crippen MR) is 115 cm³/mol. The minimum absolute atomic E-state index is 0.398. The van der Waals surface area contributed by atoms with Crippen LogP contribution in [0, 0.1) is 10.1 Å². The number of nitrogens with zero attached hydrogens (tertiary/aromatic N) is 1. The summed E-state index contributed by atoms with van der Waals surface area (Å²) in [4.78, 5) is 9.92. The molecule has 0 saturated heterocycles. The molecule has 0 amide bonds. The average molecular weight is 442 g/mol. The second kappa shape index (κ2) is 9.69. The quantitative estimate of drug-likeness (QED) is 0.386. The molecule has 3 aromatic carbocycles. The Morgan fingerprint density at radius 2 is 1.61 bits per heavy atom. The standard InChI is InChI=1S/C22H22N2O6S/c1-16(23-31(28,29)21-10-6-5-9-20(21)24(26)27)22(25)18-11-13-19(14-12-18)30-15-17-7-3-2-4-8-17/h2-14,16,22-23,25H,15H2,1H3/t16-,22-/m0/s1. The molecule has 0 aromatic heterocycles. The number of ether oxygens (including phenoxy) is 1. The van der Waals surface area contributed by atoms with Gasteiger partial charge in [-0.2, -0.15) is 0 Å². The van der Waals surface area contributed by atoms with E-state index in [1.54, 1.807) is 24.3 Å². The molecule has 31 heavy (non-hydrogen) atoms. The summed E-state index contributed by atoms with van der Waals surface area (Å²) in [5, 5.41) is 21.7. The molecule has 9 heteroatoms. The fourth-order valence-corrected chi connectivity index (χ4v) is 4.42. The predicted octanol–water partition coefficient (Wildman–Crippen LogP) is 3.57. The van der Waals surface area contributed by atoms with Gasteiger partial charge in [0.05, 0.1) is 11.0 Å². The van der Waals surface area contributed by atoms with Gasteiger partial charge in [0, 0.05) is 12.1 Å². The van der Waals surface area contributed by atoms with Crippen LogP contribution in [0.1, 0.15) is 24.2 Å². The summed E-state index contributed by atoms with van der Waals surface area (Å²) in [6.07, 6.45) is -1.17. The number of hydrogen-bond donors (Lipinski definition) is 2. The molecule has 0 aliphatic rings. The Bertz CT molecular complexity index is 1130. The Balaban J connectivity index is 1.67. The number of aliphatic hydroxyl groups is 1. The maximum atomic E-state index is 12.6. The van der Waals surface area contributed by atoms with E-state index in [9.17, 15) is 23.6 Å². The lowest BCUT2D eigenvalue weighted by atomic mass is 10.0. The van der Waals surface area contributed by atoms with E-state index in [0.29, 0.717) is 17.9 Å². The topological polar surface area (TPSA) is 119 Å². The Morgan fingerprint density at radius 1 is 1.00 bits per heavy atom. The zero-order chi connectivity index (χ0) is 22.4. The molecule has 0 spiro atoms. The third-order valence-corrected chi connectivity index (χ3v) is 6.24. The lowest BCUT2D eigenvalue weighted by Gasteiger charge is -2.21. The average Bonchev–Trinajstić information content (AvgIpc) is 2.78. The minimum atomic E-state index is -4.21. The van der Waals surface area contributed by atoms with Crippen LogP contribution in [0.4, 0.5) is 5.69 Å². The van der Waals surface area contributed by atoms with Crippen molar-refractivity contribution in [2.24, 2.45) is 0 Å². The van der Waals surface area contributed by atoms with Crippen molar-refractivity contribution in [2.45, 2.75) is 30.6 Å². The largest absolute Gasteiger partial charge is 0.489 e. The summed E-state index contributed by atoms with van der Waals surface area (Å²) in [5.74, 6) is 0.605. The van der Waals surface area contributed by atoms with Crippen LogP contribution in [-0.2, 0) is 16.6 Å². The molecule has 0 unspecified atom stereocenters. The van der Waals surface area contributed by atoms with E-state index >= 15 is 0 Å². The highest BCUT2D eigenvalue weighted by Gasteiger charge is 2.29. The first kappa shape index (κ1) is 22.4. The molecule has 0 heterocycles. The number of aliphatic hydroxyl groups excluding tert-OH is 1. The van der Waals surface area contributed by atoms with Gasteiger partial charge >= 0.3 is 0 Å². The Morgan fingerprint density at radius 3 is 2.26 bits per heavy atom. The van der Waals surface area contributed by atoms with Gasteiger partial charge in [0.2, 0.25) is 10.0 Å². The van der Waals surface area contributed by atoms with Gasteiger partial charge in [-0.3, -0.25) is 10.1 Å². The van der Waals surface area contributed by atoms with Crippen molar-refractivity contribution in [2.75, 3.05) is 0 Å². The Kier molecular flexibility index (Phi) is 7.01. The van der Waals surface area contributed by atoms with E-state index in [1.807, 2.05) is 30.3 Å². The van der Waals surface area contributed by atoms with Gasteiger partial charge < -0.3 is 9.84 Å². The summed E-state index contributed by atoms with van der Waals surface area (Å²) in [6.45, 7) is 1.88. The first-order chi connectivity index (χ1) is 14.8. The van der Waals surface area contributed by atoms with Crippen LogP contribution >= 0.6 is 0 Å². The SMILES string of the molecule is C[C@H](NS(=O)(=O)c1ccccc1[N+](=O)[O-])[C@H](O)c1ccc(OCc2ccccc2)cc1. The maximum Gasteiger partial charge on any atom is 0.289 e. The maximum absolute atomic E-state index is 12.6. The smallest absolute Gasteiger partial charge is 0.289 e. The minimum Gasteiger partial charge on any atom is -0.489 e. The third kappa shape index (κ3) is 5.66. The molecule has 2 N–H and O–H groups in total. The van der Waals surface area contributed by atoms with Gasteiger partial charge in [-0.1, -0.05) is 54.6 Å². The van der Waals surface area contributed by atoms with Crippen LogP contribution in [0.3, 0.4) is 0 Å². The van der Waals surface area contributed by atoms with E-state index in [0.717, 1.165) is 17.7 Å². The van der Waals surface area contributed by atoms with Crippen molar-refractivity contribution in [3.63, 3.8) is 0 Å². The van der Waals surface area contributed by atoms with E-state index < -0.39 is 37.7 Å². The zero-order valence-electron chi connectivity index (χ0n) is 16.7. The summed E-state index contributed by atoms with van der Waals surface area (Å²) < 4.78 is 33.3. The van der Waals surface area contributed by atoms with Crippen molar-refractivity contribution in [3.05, 3.63) is 100 Å². The monoisotopic (exact) mass is 442 g/mol. The van der Waals surface area contributed by atoms with Crippen LogP contribution < -0.4 is 9.46 Å². The lowest BCUT2D eigenvalue weighted by molar-refractivity contribution is -0.387. The highest BCUT2D eigenvalue weighted by Crippen LogP contribution is 2.25. The summed E-state index contributed by atoms with van der Waals surface area (Å²) >= 11 is 0. The molecular weight excluding hydrogens is 420 g/mol. The molecule has 0 radical (unpaired) electrons. The zero-order valence-corrected chi connectivity index (χ0v) is 17.5. The number of nitro benzene ring substituents is 1. The molecule has 2 atom stereocenters. The van der Waals surface area contributed by atoms with Crippen LogP contribution in [0.2, 0.25) is 0 Å².